The highest BCUT2D eigenvalue weighted by Crippen LogP contribution is 2.43. The lowest BCUT2D eigenvalue weighted by molar-refractivity contribution is -0.0186. The Morgan fingerprint density at radius 1 is 1.21 bits per heavy atom. The van der Waals surface area contributed by atoms with Crippen LogP contribution in [-0.4, -0.2) is 37.0 Å². The third kappa shape index (κ3) is 3.11. The molecule has 5 nitrogen and oxygen atoms in total. The molecule has 0 spiro atoms. The van der Waals surface area contributed by atoms with Gasteiger partial charge in [0.05, 0.1) is 12.3 Å². The molecule has 0 atom stereocenters. The second kappa shape index (κ2) is 6.44. The number of hydrogen-bond donors (Lipinski definition) is 2. The molecule has 122 valence electrons. The van der Waals surface area contributed by atoms with Crippen LogP contribution in [0, 0.1) is 0 Å². The molecule has 1 aromatic carbocycles. The zero-order valence-electron chi connectivity index (χ0n) is 13.0. The molecule has 1 aromatic heterocycles. The molecule has 0 aliphatic heterocycles. The Balaban J connectivity index is 1.64. The van der Waals surface area contributed by atoms with E-state index in [1.807, 2.05) is 16.7 Å². The largest absolute Gasteiger partial charge is 0.367 e. The molecule has 6 heteroatoms. The first-order chi connectivity index (χ1) is 11.7. The van der Waals surface area contributed by atoms with Gasteiger partial charge >= 0.3 is 0 Å². The highest BCUT2D eigenvalue weighted by Gasteiger charge is 2.27. The van der Waals surface area contributed by atoms with Crippen molar-refractivity contribution in [1.29, 1.82) is 0 Å². The summed E-state index contributed by atoms with van der Waals surface area (Å²) in [6.07, 6.45) is 6.86. The summed E-state index contributed by atoms with van der Waals surface area (Å²) in [5.74, 6) is 0.854. The third-order valence-electron chi connectivity index (χ3n) is 4.23. The molecule has 2 aromatic rings. The average molecular weight is 339 g/mol. The summed E-state index contributed by atoms with van der Waals surface area (Å²) in [6.45, 7) is 0.635. The summed E-state index contributed by atoms with van der Waals surface area (Å²) in [5.41, 5.74) is 11.1. The maximum absolute atomic E-state index is 9.03. The number of aliphatic hydroxyl groups is 2. The molecule has 0 unspecified atom stereocenters. The Bertz CT molecular complexity index is 870. The van der Waals surface area contributed by atoms with Gasteiger partial charge in [0.15, 0.2) is 11.4 Å². The maximum Gasteiger partial charge on any atom is 0.191 e. The van der Waals surface area contributed by atoms with Gasteiger partial charge in [0, 0.05) is 0 Å². The number of aromatic nitrogens is 3. The monoisotopic (exact) mass is 339 g/mol. The Morgan fingerprint density at radius 3 is 2.75 bits per heavy atom. The SMILES string of the molecule is OC(O)CSc1nncn1Cc1ccc(C2CC2)c2c1C=C=C=C2. The average Bonchev–Trinajstić information content (AvgIpc) is 3.33. The Labute approximate surface area is 144 Å². The molecule has 0 saturated heterocycles. The van der Waals surface area contributed by atoms with Crippen LogP contribution in [0.2, 0.25) is 0 Å². The number of hydrogen-bond acceptors (Lipinski definition) is 5. The number of fused-ring (bicyclic) bond motifs is 1. The highest BCUT2D eigenvalue weighted by atomic mass is 32.2. The van der Waals surface area contributed by atoms with Gasteiger partial charge in [-0.05, 0) is 53.2 Å². The van der Waals surface area contributed by atoms with Crippen molar-refractivity contribution in [1.82, 2.24) is 14.8 Å². The summed E-state index contributed by atoms with van der Waals surface area (Å²) in [7, 11) is 0. The maximum atomic E-state index is 9.03. The van der Waals surface area contributed by atoms with Crippen molar-refractivity contribution in [2.75, 3.05) is 5.75 Å². The second-order valence-electron chi connectivity index (χ2n) is 6.03. The van der Waals surface area contributed by atoms with Crippen LogP contribution in [0.25, 0.3) is 12.2 Å². The molecule has 0 bridgehead atoms. The molecule has 1 saturated carbocycles. The van der Waals surface area contributed by atoms with E-state index in [9.17, 15) is 0 Å². The number of rotatable bonds is 6. The highest BCUT2D eigenvalue weighted by molar-refractivity contribution is 7.99. The first-order valence-corrected chi connectivity index (χ1v) is 8.91. The van der Waals surface area contributed by atoms with Crippen LogP contribution in [0.5, 0.6) is 0 Å². The van der Waals surface area contributed by atoms with Crippen molar-refractivity contribution >= 4 is 23.9 Å². The van der Waals surface area contributed by atoms with E-state index in [4.69, 9.17) is 10.2 Å². The van der Waals surface area contributed by atoms with Crippen LogP contribution in [0.15, 0.2) is 35.1 Å². The van der Waals surface area contributed by atoms with Crippen LogP contribution in [0.4, 0.5) is 0 Å². The fraction of sp³-hybridized carbons (Fsp3) is 0.333. The normalized spacial score (nSPS) is 15.3. The van der Waals surface area contributed by atoms with Crippen molar-refractivity contribution in [2.24, 2.45) is 0 Å². The van der Waals surface area contributed by atoms with E-state index < -0.39 is 6.29 Å². The summed E-state index contributed by atoms with van der Waals surface area (Å²) >= 11 is 1.28. The lowest BCUT2D eigenvalue weighted by atomic mass is 9.92. The van der Waals surface area contributed by atoms with Crippen LogP contribution < -0.4 is 0 Å². The van der Waals surface area contributed by atoms with E-state index >= 15 is 0 Å². The summed E-state index contributed by atoms with van der Waals surface area (Å²) in [6, 6.07) is 4.39. The Kier molecular flexibility index (Phi) is 4.15. The topological polar surface area (TPSA) is 71.2 Å². The molecule has 0 radical (unpaired) electrons. The molecule has 1 fully saturated rings. The van der Waals surface area contributed by atoms with Gasteiger partial charge in [-0.25, -0.2) is 0 Å². The van der Waals surface area contributed by atoms with Crippen molar-refractivity contribution in [3.8, 4) is 0 Å². The van der Waals surface area contributed by atoms with E-state index in [0.717, 1.165) is 0 Å². The number of nitrogens with zero attached hydrogens (tertiary/aromatic N) is 3. The lowest BCUT2D eigenvalue weighted by Crippen LogP contribution is -2.09. The van der Waals surface area contributed by atoms with E-state index in [1.54, 1.807) is 6.33 Å². The Morgan fingerprint density at radius 2 is 2.00 bits per heavy atom. The minimum atomic E-state index is -1.36. The zero-order chi connectivity index (χ0) is 16.5. The van der Waals surface area contributed by atoms with Gasteiger partial charge in [-0.15, -0.1) is 10.2 Å². The smallest absolute Gasteiger partial charge is 0.191 e. The molecule has 4 rings (SSSR count). The van der Waals surface area contributed by atoms with Gasteiger partial charge in [-0.3, -0.25) is 0 Å². The van der Waals surface area contributed by atoms with Gasteiger partial charge in [0.2, 0.25) is 0 Å². The third-order valence-corrected chi connectivity index (χ3v) is 5.27. The van der Waals surface area contributed by atoms with Gasteiger partial charge in [0.25, 0.3) is 0 Å². The first kappa shape index (κ1) is 15.5. The fourth-order valence-corrected chi connectivity index (χ4v) is 3.62. The minimum absolute atomic E-state index is 0.169. The zero-order valence-corrected chi connectivity index (χ0v) is 13.8. The van der Waals surface area contributed by atoms with Crippen molar-refractivity contribution in [2.45, 2.75) is 36.8 Å². The van der Waals surface area contributed by atoms with E-state index in [1.165, 1.54) is 46.9 Å². The van der Waals surface area contributed by atoms with Gasteiger partial charge in [0.1, 0.15) is 6.33 Å². The van der Waals surface area contributed by atoms with Crippen LogP contribution in [-0.2, 0) is 6.54 Å². The Hall–Kier alpha value is -2.07. The summed E-state index contributed by atoms with van der Waals surface area (Å²) in [4.78, 5) is 0. The van der Waals surface area contributed by atoms with Crippen molar-refractivity contribution < 1.29 is 10.2 Å². The molecule has 1 heterocycles. The van der Waals surface area contributed by atoms with E-state index in [2.05, 4.69) is 33.8 Å². The molecule has 2 aliphatic carbocycles. The lowest BCUT2D eigenvalue weighted by Gasteiger charge is -2.15. The second-order valence-corrected chi connectivity index (χ2v) is 7.01. The number of thioether (sulfide) groups is 1. The van der Waals surface area contributed by atoms with E-state index in [0.29, 0.717) is 17.6 Å². The number of benzene rings is 1. The van der Waals surface area contributed by atoms with E-state index in [-0.39, 0.29) is 5.75 Å². The molecule has 2 N–H and O–H groups in total. The molecular weight excluding hydrogens is 322 g/mol. The standard InChI is InChI=1S/C18H17N3O2S/c22-17(23)10-24-18-20-19-11-21(18)9-13-7-8-15(12-5-6-12)16-4-2-1-3-14(13)16/h3-4,7-8,11-12,17,22-23H,5-6,9-10H2. The van der Waals surface area contributed by atoms with Gasteiger partial charge < -0.3 is 14.8 Å². The first-order valence-electron chi connectivity index (χ1n) is 7.92. The van der Waals surface area contributed by atoms with Crippen LogP contribution >= 0.6 is 11.8 Å². The summed E-state index contributed by atoms with van der Waals surface area (Å²) < 4.78 is 1.93. The van der Waals surface area contributed by atoms with Gasteiger partial charge in [-0.2, -0.15) is 0 Å². The number of aliphatic hydroxyl groups excluding tert-OH is 1. The fourth-order valence-electron chi connectivity index (χ4n) is 2.94. The molecular formula is C18H17N3O2S. The van der Waals surface area contributed by atoms with Gasteiger partial charge in [-0.1, -0.05) is 35.4 Å². The van der Waals surface area contributed by atoms with Crippen molar-refractivity contribution in [3.63, 3.8) is 0 Å². The molecule has 0 amide bonds. The van der Waals surface area contributed by atoms with Crippen molar-refractivity contribution in [3.05, 3.63) is 52.2 Å². The summed E-state index contributed by atoms with van der Waals surface area (Å²) in [5, 5.41) is 26.7. The molecule has 2 aliphatic rings. The predicted molar refractivity (Wildman–Crippen MR) is 92.4 cm³/mol. The molecule has 24 heavy (non-hydrogen) atoms. The van der Waals surface area contributed by atoms with Crippen LogP contribution in [0.1, 0.15) is 41.0 Å². The quantitative estimate of drug-likeness (QED) is 0.410. The van der Waals surface area contributed by atoms with Crippen LogP contribution in [0.3, 0.4) is 0 Å². The minimum Gasteiger partial charge on any atom is -0.367 e. The predicted octanol–water partition coefficient (Wildman–Crippen LogP) is 2.40.